The highest BCUT2D eigenvalue weighted by molar-refractivity contribution is 5.86. The molecule has 7 nitrogen and oxygen atoms in total. The van der Waals surface area contributed by atoms with Gasteiger partial charge in [-0.15, -0.1) is 0 Å². The van der Waals surface area contributed by atoms with E-state index >= 15 is 0 Å². The van der Waals surface area contributed by atoms with Crippen molar-refractivity contribution in [3.63, 3.8) is 0 Å². The van der Waals surface area contributed by atoms with Gasteiger partial charge in [0.1, 0.15) is 30.5 Å². The largest absolute Gasteiger partial charge is 0.486 e. The topological polar surface area (TPSA) is 91.8 Å². The van der Waals surface area contributed by atoms with E-state index in [-0.39, 0.29) is 36.0 Å². The normalized spacial score (nSPS) is 10.4. The fraction of sp³-hybridized carbons (Fsp3) is 0.105. The third kappa shape index (κ3) is 4.69. The van der Waals surface area contributed by atoms with Crippen molar-refractivity contribution in [1.82, 2.24) is 0 Å². The molecule has 3 aromatic rings. The standard InChI is InChI=1S/C19H14FNO6/c20-14-5-7-15(8-6-14)25-12-16-9-10-18(27-16)19(22)26-11-13-3-1-2-4-17(13)21(23)24/h1-10H,11-12H2. The highest BCUT2D eigenvalue weighted by Crippen LogP contribution is 2.20. The van der Waals surface area contributed by atoms with E-state index in [1.54, 1.807) is 12.1 Å². The highest BCUT2D eigenvalue weighted by atomic mass is 19.1. The Morgan fingerprint density at radius 2 is 1.78 bits per heavy atom. The van der Waals surface area contributed by atoms with Gasteiger partial charge >= 0.3 is 5.97 Å². The van der Waals surface area contributed by atoms with Crippen molar-refractivity contribution in [2.45, 2.75) is 13.2 Å². The van der Waals surface area contributed by atoms with E-state index in [1.165, 1.54) is 48.5 Å². The van der Waals surface area contributed by atoms with Crippen molar-refractivity contribution in [2.24, 2.45) is 0 Å². The van der Waals surface area contributed by atoms with Gasteiger partial charge in [-0.3, -0.25) is 10.1 Å². The number of esters is 1. The van der Waals surface area contributed by atoms with Crippen LogP contribution < -0.4 is 4.74 Å². The number of nitrogens with zero attached hydrogens (tertiary/aromatic N) is 1. The SMILES string of the molecule is O=C(OCc1ccccc1[N+](=O)[O-])c1ccc(COc2ccc(F)cc2)o1. The van der Waals surface area contributed by atoms with Crippen LogP contribution in [0.15, 0.2) is 65.1 Å². The molecule has 3 rings (SSSR count). The molecule has 0 radical (unpaired) electrons. The van der Waals surface area contributed by atoms with Gasteiger partial charge in [0.25, 0.3) is 5.69 Å². The minimum atomic E-state index is -0.749. The Bertz CT molecular complexity index is 951. The first kappa shape index (κ1) is 18.1. The summed E-state index contributed by atoms with van der Waals surface area (Å²) in [6.07, 6.45) is 0. The summed E-state index contributed by atoms with van der Waals surface area (Å²) in [4.78, 5) is 22.5. The first-order valence-corrected chi connectivity index (χ1v) is 7.89. The van der Waals surface area contributed by atoms with Crippen LogP contribution in [0, 0.1) is 15.9 Å². The number of carbonyl (C=O) groups is 1. The van der Waals surface area contributed by atoms with Crippen LogP contribution in [0.1, 0.15) is 21.9 Å². The highest BCUT2D eigenvalue weighted by Gasteiger charge is 2.17. The van der Waals surface area contributed by atoms with Crippen LogP contribution in [0.4, 0.5) is 10.1 Å². The van der Waals surface area contributed by atoms with Gasteiger partial charge in [0.05, 0.1) is 10.5 Å². The van der Waals surface area contributed by atoms with E-state index in [0.717, 1.165) is 0 Å². The molecule has 27 heavy (non-hydrogen) atoms. The average Bonchev–Trinajstić information content (AvgIpc) is 3.15. The summed E-state index contributed by atoms with van der Waals surface area (Å²) in [6, 6.07) is 14.4. The lowest BCUT2D eigenvalue weighted by Gasteiger charge is -2.05. The molecule has 0 aliphatic heterocycles. The van der Waals surface area contributed by atoms with Gasteiger partial charge in [-0.25, -0.2) is 9.18 Å². The number of halogens is 1. The van der Waals surface area contributed by atoms with Crippen molar-refractivity contribution < 1.29 is 28.0 Å². The maximum Gasteiger partial charge on any atom is 0.374 e. The summed E-state index contributed by atoms with van der Waals surface area (Å²) in [5.41, 5.74) is 0.153. The Kier molecular flexibility index (Phi) is 5.46. The van der Waals surface area contributed by atoms with Crippen molar-refractivity contribution >= 4 is 11.7 Å². The van der Waals surface area contributed by atoms with Crippen LogP contribution in [-0.2, 0) is 18.0 Å². The average molecular weight is 371 g/mol. The third-order valence-corrected chi connectivity index (χ3v) is 3.60. The van der Waals surface area contributed by atoms with Crippen molar-refractivity contribution in [3.8, 4) is 5.75 Å². The fourth-order valence-electron chi connectivity index (χ4n) is 2.28. The van der Waals surface area contributed by atoms with E-state index in [1.807, 2.05) is 0 Å². The Balaban J connectivity index is 1.57. The van der Waals surface area contributed by atoms with Crippen LogP contribution in [0.25, 0.3) is 0 Å². The van der Waals surface area contributed by atoms with E-state index in [9.17, 15) is 19.3 Å². The fourth-order valence-corrected chi connectivity index (χ4v) is 2.28. The zero-order chi connectivity index (χ0) is 19.2. The molecule has 1 heterocycles. The van der Waals surface area contributed by atoms with Gasteiger partial charge in [-0.05, 0) is 42.5 Å². The Morgan fingerprint density at radius 1 is 1.04 bits per heavy atom. The molecule has 0 aliphatic rings. The maximum atomic E-state index is 12.8. The number of hydrogen-bond donors (Lipinski definition) is 0. The summed E-state index contributed by atoms with van der Waals surface area (Å²) in [5.74, 6) is -0.346. The minimum Gasteiger partial charge on any atom is -0.486 e. The lowest BCUT2D eigenvalue weighted by Crippen LogP contribution is -2.05. The second kappa shape index (κ2) is 8.13. The van der Waals surface area contributed by atoms with Crippen LogP contribution >= 0.6 is 0 Å². The van der Waals surface area contributed by atoms with Crippen molar-refractivity contribution in [1.29, 1.82) is 0 Å². The number of rotatable bonds is 7. The molecule has 1 aromatic heterocycles. The quantitative estimate of drug-likeness (QED) is 0.350. The number of nitro benzene ring substituents is 1. The molecule has 0 unspecified atom stereocenters. The molecule has 2 aromatic carbocycles. The molecule has 0 spiro atoms. The zero-order valence-electron chi connectivity index (χ0n) is 14.0. The van der Waals surface area contributed by atoms with Gasteiger partial charge in [-0.2, -0.15) is 0 Å². The number of para-hydroxylation sites is 1. The molecular weight excluding hydrogens is 357 g/mol. The first-order valence-electron chi connectivity index (χ1n) is 7.89. The predicted octanol–water partition coefficient (Wildman–Crippen LogP) is 4.26. The van der Waals surface area contributed by atoms with Crippen LogP contribution in [0.3, 0.4) is 0 Å². The smallest absolute Gasteiger partial charge is 0.374 e. The number of carbonyl (C=O) groups excluding carboxylic acids is 1. The number of furan rings is 1. The van der Waals surface area contributed by atoms with Gasteiger partial charge in [0.2, 0.25) is 5.76 Å². The van der Waals surface area contributed by atoms with Crippen LogP contribution in [0.2, 0.25) is 0 Å². The molecule has 0 atom stereocenters. The molecule has 138 valence electrons. The van der Waals surface area contributed by atoms with E-state index in [2.05, 4.69) is 0 Å². The predicted molar refractivity (Wildman–Crippen MR) is 91.7 cm³/mol. The molecule has 0 fully saturated rings. The molecule has 0 amide bonds. The summed E-state index contributed by atoms with van der Waals surface area (Å²) in [6.45, 7) is -0.207. The first-order chi connectivity index (χ1) is 13.0. The number of nitro groups is 1. The van der Waals surface area contributed by atoms with Gasteiger partial charge < -0.3 is 13.9 Å². The van der Waals surface area contributed by atoms with E-state index < -0.39 is 10.9 Å². The summed E-state index contributed by atoms with van der Waals surface area (Å²) in [5, 5.41) is 11.0. The number of hydrogen-bond acceptors (Lipinski definition) is 6. The Labute approximate surface area is 153 Å². The van der Waals surface area contributed by atoms with Crippen LogP contribution in [0.5, 0.6) is 5.75 Å². The lowest BCUT2D eigenvalue weighted by molar-refractivity contribution is -0.385. The van der Waals surface area contributed by atoms with Crippen LogP contribution in [-0.4, -0.2) is 10.9 Å². The molecule has 8 heteroatoms. The third-order valence-electron chi connectivity index (χ3n) is 3.60. The van der Waals surface area contributed by atoms with Gasteiger partial charge in [0.15, 0.2) is 0 Å². The molecule has 0 saturated carbocycles. The Morgan fingerprint density at radius 3 is 2.52 bits per heavy atom. The van der Waals surface area contributed by atoms with Crippen molar-refractivity contribution in [2.75, 3.05) is 0 Å². The molecule has 0 N–H and O–H groups in total. The lowest BCUT2D eigenvalue weighted by atomic mass is 10.2. The van der Waals surface area contributed by atoms with Gasteiger partial charge in [0, 0.05) is 6.07 Å². The zero-order valence-corrected chi connectivity index (χ0v) is 14.0. The monoisotopic (exact) mass is 371 g/mol. The van der Waals surface area contributed by atoms with Gasteiger partial charge in [-0.1, -0.05) is 12.1 Å². The molecular formula is C19H14FNO6. The summed E-state index contributed by atoms with van der Waals surface area (Å²) < 4.78 is 28.7. The number of ether oxygens (including phenoxy) is 2. The molecule has 0 bridgehead atoms. The van der Waals surface area contributed by atoms with Crippen molar-refractivity contribution in [3.05, 3.63) is 93.7 Å². The Hall–Kier alpha value is -3.68. The second-order valence-corrected chi connectivity index (χ2v) is 5.47. The second-order valence-electron chi connectivity index (χ2n) is 5.47. The molecule has 0 saturated heterocycles. The summed E-state index contributed by atoms with van der Waals surface area (Å²) in [7, 11) is 0. The summed E-state index contributed by atoms with van der Waals surface area (Å²) >= 11 is 0. The minimum absolute atomic E-state index is 0.0447. The van der Waals surface area contributed by atoms with E-state index in [0.29, 0.717) is 11.5 Å². The van der Waals surface area contributed by atoms with E-state index in [4.69, 9.17) is 13.9 Å². The number of benzene rings is 2. The molecule has 0 aliphatic carbocycles. The maximum absolute atomic E-state index is 12.8.